The number of nitrogens with zero attached hydrogens (tertiary/aromatic N) is 2. The maximum Gasteiger partial charge on any atom is 0.178 e. The summed E-state index contributed by atoms with van der Waals surface area (Å²) in [5, 5.41) is 13.1. The van der Waals surface area contributed by atoms with Crippen molar-refractivity contribution in [3.8, 4) is 22.3 Å². The Morgan fingerprint density at radius 2 is 0.659 bits per heavy atom. The highest BCUT2D eigenvalue weighted by molar-refractivity contribution is 6.25. The molecule has 0 fully saturated rings. The van der Waals surface area contributed by atoms with Crippen molar-refractivity contribution >= 4 is 143 Å². The zero-order valence-electron chi connectivity index (χ0n) is 49.8. The number of fused-ring (bicyclic) bond motifs is 15. The Hall–Kier alpha value is -10.8. The molecule has 422 valence electrons. The molecule has 0 spiro atoms. The van der Waals surface area contributed by atoms with Gasteiger partial charge in [0.1, 0.15) is 22.3 Å². The van der Waals surface area contributed by atoms with Crippen molar-refractivity contribution in [1.82, 2.24) is 0 Å². The largest absolute Gasteiger partial charge is 0.453 e. The van der Waals surface area contributed by atoms with Crippen LogP contribution in [0.15, 0.2) is 260 Å². The average Bonchev–Trinajstić information content (AvgIpc) is 1.57. The van der Waals surface area contributed by atoms with E-state index in [-0.39, 0.29) is 11.8 Å². The number of aryl methyl sites for hydroxylation is 2. The highest BCUT2D eigenvalue weighted by Gasteiger charge is 2.30. The Morgan fingerprint density at radius 3 is 1.07 bits per heavy atom. The van der Waals surface area contributed by atoms with Gasteiger partial charge >= 0.3 is 0 Å². The second-order valence-corrected chi connectivity index (χ2v) is 24.4. The quantitative estimate of drug-likeness (QED) is 0.136. The van der Waals surface area contributed by atoms with Gasteiger partial charge in [0.25, 0.3) is 0 Å². The molecule has 6 heteroatoms. The molecule has 4 heterocycles. The van der Waals surface area contributed by atoms with Gasteiger partial charge in [0.2, 0.25) is 0 Å². The molecule has 0 saturated carbocycles. The van der Waals surface area contributed by atoms with Gasteiger partial charge in [-0.25, -0.2) is 0 Å². The van der Waals surface area contributed by atoms with Gasteiger partial charge in [-0.15, -0.1) is 0 Å². The number of furan rings is 4. The minimum absolute atomic E-state index is 0.192. The molecular weight excluding hydrogens is 1080 g/mol. The Kier molecular flexibility index (Phi) is 11.7. The maximum atomic E-state index is 7.27. The molecule has 0 aliphatic heterocycles. The van der Waals surface area contributed by atoms with Crippen molar-refractivity contribution in [3.05, 3.63) is 265 Å². The summed E-state index contributed by atoms with van der Waals surface area (Å²) >= 11 is 0. The van der Waals surface area contributed by atoms with E-state index < -0.39 is 0 Å². The van der Waals surface area contributed by atoms with Crippen molar-refractivity contribution in [2.24, 2.45) is 0 Å². The van der Waals surface area contributed by atoms with Crippen LogP contribution in [0.5, 0.6) is 0 Å². The van der Waals surface area contributed by atoms with Crippen LogP contribution in [0.2, 0.25) is 0 Å². The first-order valence-corrected chi connectivity index (χ1v) is 30.6. The van der Waals surface area contributed by atoms with E-state index in [0.717, 1.165) is 177 Å². The second-order valence-electron chi connectivity index (χ2n) is 24.4. The lowest BCUT2D eigenvalue weighted by Crippen LogP contribution is -2.11. The molecule has 0 aliphatic carbocycles. The summed E-state index contributed by atoms with van der Waals surface area (Å²) in [4.78, 5) is 4.70. The minimum Gasteiger partial charge on any atom is -0.453 e. The van der Waals surface area contributed by atoms with Crippen molar-refractivity contribution in [1.29, 1.82) is 0 Å². The van der Waals surface area contributed by atoms with Crippen molar-refractivity contribution in [3.63, 3.8) is 0 Å². The number of para-hydroxylation sites is 6. The number of rotatable bonds is 10. The van der Waals surface area contributed by atoms with Crippen LogP contribution >= 0.6 is 0 Å². The van der Waals surface area contributed by atoms with Crippen LogP contribution in [-0.4, -0.2) is 0 Å². The minimum atomic E-state index is 0.192. The number of hydrogen-bond acceptors (Lipinski definition) is 6. The van der Waals surface area contributed by atoms with Crippen molar-refractivity contribution in [2.75, 3.05) is 9.80 Å². The van der Waals surface area contributed by atoms with Gasteiger partial charge in [0, 0.05) is 77.0 Å². The molecule has 13 aromatic carbocycles. The van der Waals surface area contributed by atoms with Gasteiger partial charge in [-0.1, -0.05) is 198 Å². The molecule has 6 nitrogen and oxygen atoms in total. The van der Waals surface area contributed by atoms with Crippen LogP contribution in [0.4, 0.5) is 34.1 Å². The molecule has 0 amide bonds. The highest BCUT2D eigenvalue weighted by atomic mass is 16.4. The smallest absolute Gasteiger partial charge is 0.178 e. The Balaban J connectivity index is 0.831. The van der Waals surface area contributed by atoms with E-state index in [1.54, 1.807) is 0 Å². The van der Waals surface area contributed by atoms with E-state index >= 15 is 0 Å². The molecule has 0 atom stereocenters. The van der Waals surface area contributed by atoms with Crippen LogP contribution < -0.4 is 9.80 Å². The third kappa shape index (κ3) is 7.88. The van der Waals surface area contributed by atoms with Gasteiger partial charge in [-0.3, -0.25) is 0 Å². The summed E-state index contributed by atoms with van der Waals surface area (Å²) in [7, 11) is 0. The van der Waals surface area contributed by atoms with E-state index in [2.05, 4.69) is 294 Å². The average molecular weight is 1140 g/mol. The lowest BCUT2D eigenvalue weighted by atomic mass is 9.84. The molecule has 88 heavy (non-hydrogen) atoms. The fourth-order valence-corrected chi connectivity index (χ4v) is 14.4. The molecule has 4 aromatic heterocycles. The summed E-state index contributed by atoms with van der Waals surface area (Å²) < 4.78 is 28.7. The lowest BCUT2D eigenvalue weighted by molar-refractivity contribution is 0.632. The van der Waals surface area contributed by atoms with E-state index in [9.17, 15) is 0 Å². The van der Waals surface area contributed by atoms with Crippen molar-refractivity contribution in [2.45, 2.75) is 53.4 Å². The number of benzene rings is 13. The highest BCUT2D eigenvalue weighted by Crippen LogP contribution is 2.52. The molecule has 0 radical (unpaired) electrons. The third-order valence-electron chi connectivity index (χ3n) is 18.3. The summed E-state index contributed by atoms with van der Waals surface area (Å²) in [6, 6.07) is 86.8. The number of hydrogen-bond donors (Lipinski definition) is 0. The number of anilines is 6. The first-order valence-electron chi connectivity index (χ1n) is 30.6. The summed E-state index contributed by atoms with van der Waals surface area (Å²) in [5.74, 6) is 0.384. The topological polar surface area (TPSA) is 59.0 Å². The Labute approximate surface area is 508 Å². The van der Waals surface area contributed by atoms with Gasteiger partial charge in [0.15, 0.2) is 22.3 Å². The fourth-order valence-electron chi connectivity index (χ4n) is 14.4. The zero-order chi connectivity index (χ0) is 59.1. The third-order valence-corrected chi connectivity index (χ3v) is 18.3. The second kappa shape index (κ2) is 19.9. The zero-order valence-corrected chi connectivity index (χ0v) is 49.8. The molecule has 0 aliphatic rings. The van der Waals surface area contributed by atoms with E-state index in [4.69, 9.17) is 17.7 Å². The lowest BCUT2D eigenvalue weighted by Gasteiger charge is -2.27. The van der Waals surface area contributed by atoms with Gasteiger partial charge in [-0.2, -0.15) is 0 Å². The van der Waals surface area contributed by atoms with Crippen LogP contribution in [0, 0.1) is 13.8 Å². The summed E-state index contributed by atoms with van der Waals surface area (Å²) in [6.45, 7) is 13.6. The monoisotopic (exact) mass is 1140 g/mol. The van der Waals surface area contributed by atoms with E-state index in [1.165, 1.54) is 11.1 Å². The van der Waals surface area contributed by atoms with Crippen LogP contribution in [-0.2, 0) is 0 Å². The Morgan fingerprint density at radius 1 is 0.284 bits per heavy atom. The summed E-state index contributed by atoms with van der Waals surface area (Å²) in [5.41, 5.74) is 22.0. The molecular formula is C82H60N2O4. The molecule has 0 bridgehead atoms. The molecule has 0 saturated heterocycles. The molecule has 17 rings (SSSR count). The SMILES string of the molecule is Cc1ccccc1N(c1ccc2cc3c(cc2c1)oc1c2oc4cc5cc(N(c6ccccc6C)c6cccc7c6oc6c(-c8ccccc8)cccc67)ccc5cc4c2c(C(C)C)c(C(C)C)c31)c1cccc2c1oc1c(-c3ccccc3)cccc12. The molecule has 0 N–H and O–H groups in total. The fraction of sp³-hybridized carbons (Fsp3) is 0.0976. The van der Waals surface area contributed by atoms with Crippen molar-refractivity contribution < 1.29 is 17.7 Å². The van der Waals surface area contributed by atoms with Crippen LogP contribution in [0.25, 0.3) is 132 Å². The first-order chi connectivity index (χ1) is 43.1. The molecule has 17 aromatic rings. The molecule has 0 unspecified atom stereocenters. The van der Waals surface area contributed by atoms with Crippen LogP contribution in [0.1, 0.15) is 61.8 Å². The van der Waals surface area contributed by atoms with Crippen LogP contribution in [0.3, 0.4) is 0 Å². The Bertz CT molecular complexity index is 5330. The van der Waals surface area contributed by atoms with E-state index in [1.807, 2.05) is 0 Å². The van der Waals surface area contributed by atoms with Gasteiger partial charge in [-0.05, 0) is 153 Å². The normalized spacial score (nSPS) is 12.2. The summed E-state index contributed by atoms with van der Waals surface area (Å²) in [6.07, 6.45) is 0. The van der Waals surface area contributed by atoms with Gasteiger partial charge in [0.05, 0.1) is 11.4 Å². The first kappa shape index (κ1) is 51.6. The predicted octanol–water partition coefficient (Wildman–Crippen LogP) is 24.7. The van der Waals surface area contributed by atoms with E-state index in [0.29, 0.717) is 0 Å². The van der Waals surface area contributed by atoms with Gasteiger partial charge < -0.3 is 27.5 Å². The maximum absolute atomic E-state index is 7.27. The predicted molar refractivity (Wildman–Crippen MR) is 368 cm³/mol. The standard InChI is InChI=1S/C82H60N2O4/c1-47(2)73-74(48(3)4)76-66-44-54-38-40-58(84(68-34-16-14-22-50(68)6)70-36-20-32-64-62-30-18-28-60(78(62)88-80(64)70)52-25-11-8-12-26-52)42-56(54)46-72(66)86-82(76)81-75(73)65-43-53-37-39-57(41-55(53)45-71(65)85-81)83(67-33-15-13-21-49(67)5)69-35-19-31-63-61-29-17-27-59(77(61)87-79(63)69)51-23-9-7-10-24-51/h7-48H,1-6H3.